The molecule has 0 fully saturated rings. The zero-order valence-corrected chi connectivity index (χ0v) is 16.5. The molecule has 0 aromatic carbocycles. The van der Waals surface area contributed by atoms with Crippen LogP contribution in [0.2, 0.25) is 0 Å². The van der Waals surface area contributed by atoms with Gasteiger partial charge in [0.25, 0.3) is 0 Å². The maximum absolute atomic E-state index is 12.4. The second kappa shape index (κ2) is 12.3. The molecule has 0 saturated carbocycles. The van der Waals surface area contributed by atoms with Gasteiger partial charge in [0, 0.05) is 0 Å². The summed E-state index contributed by atoms with van der Waals surface area (Å²) in [6.07, 6.45) is 8.87. The monoisotopic (exact) mass is 368 g/mol. The number of allylic oxidation sites excluding steroid dienone is 2. The van der Waals surface area contributed by atoms with Crippen LogP contribution in [0.3, 0.4) is 0 Å². The molecule has 0 heterocycles. The number of hydroxylamine groups is 1. The zero-order valence-electron chi connectivity index (χ0n) is 16.5. The van der Waals surface area contributed by atoms with Crippen LogP contribution in [0.1, 0.15) is 47.5 Å². The van der Waals surface area contributed by atoms with Gasteiger partial charge in [0.1, 0.15) is 6.04 Å². The third-order valence-corrected chi connectivity index (χ3v) is 3.48. The van der Waals surface area contributed by atoms with Crippen LogP contribution in [-0.2, 0) is 19.2 Å². The average Bonchev–Trinajstić information content (AvgIpc) is 2.56. The Bertz CT molecular complexity index is 533. The summed E-state index contributed by atoms with van der Waals surface area (Å²) in [5, 5.41) is 12.4. The van der Waals surface area contributed by atoms with Gasteiger partial charge in [0.05, 0.1) is 13.2 Å². The third kappa shape index (κ3) is 9.39. The van der Waals surface area contributed by atoms with E-state index in [9.17, 15) is 14.7 Å². The summed E-state index contributed by atoms with van der Waals surface area (Å²) in [5.41, 5.74) is 2.00. The maximum atomic E-state index is 12.4. The van der Waals surface area contributed by atoms with E-state index in [0.29, 0.717) is 12.8 Å². The summed E-state index contributed by atoms with van der Waals surface area (Å²) in [4.78, 5) is 29.2. The Morgan fingerprint density at radius 1 is 1.15 bits per heavy atom. The molecule has 7 heteroatoms. The zero-order chi connectivity index (χ0) is 20.2. The molecule has 0 aromatic heterocycles. The lowest BCUT2D eigenvalue weighted by Crippen LogP contribution is -2.51. The van der Waals surface area contributed by atoms with Gasteiger partial charge in [0.2, 0.25) is 11.7 Å². The predicted octanol–water partition coefficient (Wildman–Crippen LogP) is 2.35. The first kappa shape index (κ1) is 23.9. The minimum atomic E-state index is -0.779. The summed E-state index contributed by atoms with van der Waals surface area (Å²) >= 11 is 0. The highest BCUT2D eigenvalue weighted by Crippen LogP contribution is 2.19. The van der Waals surface area contributed by atoms with E-state index in [2.05, 4.69) is 10.8 Å². The van der Waals surface area contributed by atoms with Gasteiger partial charge in [-0.05, 0) is 44.4 Å². The van der Waals surface area contributed by atoms with E-state index in [4.69, 9.17) is 9.57 Å². The molecule has 3 N–H and O–H groups in total. The van der Waals surface area contributed by atoms with Crippen LogP contribution in [0.25, 0.3) is 0 Å². The Balaban J connectivity index is 4.69. The van der Waals surface area contributed by atoms with Gasteiger partial charge in [0.15, 0.2) is 0 Å². The quantitative estimate of drug-likeness (QED) is 0.237. The van der Waals surface area contributed by atoms with Gasteiger partial charge in [-0.3, -0.25) is 4.79 Å². The number of hydrogen-bond donors (Lipinski definition) is 3. The first-order chi connectivity index (χ1) is 12.2. The standard InChI is InChI=1S/C19H32N2O5/c1-7-9-11-14(22)12-10-13-20-17(23)16(19(3,4)5)21-26-18(24)15(8-2)25-6/h7-10,13-14,16,21-22H,11-12H2,1-6H3,(H,20,23)/b9-7-,13-10-,15-8+/t14-,16+/m0/s1. The Morgan fingerprint density at radius 3 is 2.27 bits per heavy atom. The van der Waals surface area contributed by atoms with Crippen molar-refractivity contribution in [3.63, 3.8) is 0 Å². The Morgan fingerprint density at radius 2 is 1.77 bits per heavy atom. The second-order valence-corrected chi connectivity index (χ2v) is 6.77. The SMILES string of the molecule is C/C=C\C[C@H](O)C/C=C\NC(=O)[C@@H](NOC(=O)/C(=C\C)OC)C(C)(C)C. The van der Waals surface area contributed by atoms with Crippen molar-refractivity contribution in [3.05, 3.63) is 36.3 Å². The molecule has 0 bridgehead atoms. The van der Waals surface area contributed by atoms with Gasteiger partial charge in [-0.15, -0.1) is 5.48 Å². The van der Waals surface area contributed by atoms with Crippen LogP contribution in [0.4, 0.5) is 0 Å². The number of aliphatic hydroxyl groups excluding tert-OH is 1. The summed E-state index contributed by atoms with van der Waals surface area (Å²) in [5.74, 6) is -1.02. The normalized spacial score (nSPS) is 15.1. The number of nitrogens with one attached hydrogen (secondary N) is 2. The molecule has 0 saturated heterocycles. The third-order valence-electron chi connectivity index (χ3n) is 3.48. The van der Waals surface area contributed by atoms with Crippen molar-refractivity contribution in [2.45, 2.75) is 59.6 Å². The number of rotatable bonds is 10. The van der Waals surface area contributed by atoms with Gasteiger partial charge < -0.3 is 20.0 Å². The molecule has 0 aromatic rings. The second-order valence-electron chi connectivity index (χ2n) is 6.77. The van der Waals surface area contributed by atoms with E-state index >= 15 is 0 Å². The molecule has 26 heavy (non-hydrogen) atoms. The van der Waals surface area contributed by atoms with Gasteiger partial charge in [-0.2, -0.15) is 0 Å². The summed E-state index contributed by atoms with van der Waals surface area (Å²) < 4.78 is 4.88. The number of methoxy groups -OCH3 is 1. The average molecular weight is 368 g/mol. The molecule has 148 valence electrons. The summed E-state index contributed by atoms with van der Waals surface area (Å²) in [6.45, 7) is 9.06. The molecule has 1 amide bonds. The number of carbonyl (C=O) groups excluding carboxylic acids is 2. The summed E-state index contributed by atoms with van der Waals surface area (Å²) in [7, 11) is 1.36. The van der Waals surface area contributed by atoms with E-state index < -0.39 is 23.5 Å². The van der Waals surface area contributed by atoms with E-state index in [1.54, 1.807) is 13.0 Å². The van der Waals surface area contributed by atoms with Crippen LogP contribution in [0.15, 0.2) is 36.3 Å². The molecule has 0 radical (unpaired) electrons. The van der Waals surface area contributed by atoms with Crippen molar-refractivity contribution in [2.75, 3.05) is 7.11 Å². The van der Waals surface area contributed by atoms with Crippen molar-refractivity contribution in [3.8, 4) is 0 Å². The lowest BCUT2D eigenvalue weighted by Gasteiger charge is -2.29. The van der Waals surface area contributed by atoms with Crippen molar-refractivity contribution < 1.29 is 24.3 Å². The van der Waals surface area contributed by atoms with Crippen molar-refractivity contribution >= 4 is 11.9 Å². The molecule has 0 aliphatic rings. The van der Waals surface area contributed by atoms with Crippen LogP contribution >= 0.6 is 0 Å². The smallest absolute Gasteiger partial charge is 0.391 e. The van der Waals surface area contributed by atoms with Crippen LogP contribution < -0.4 is 10.8 Å². The van der Waals surface area contributed by atoms with Crippen LogP contribution in [0, 0.1) is 5.41 Å². The Hall–Kier alpha value is -2.12. The maximum Gasteiger partial charge on any atom is 0.391 e. The highest BCUT2D eigenvalue weighted by Gasteiger charge is 2.32. The fraction of sp³-hybridized carbons (Fsp3) is 0.579. The molecular weight excluding hydrogens is 336 g/mol. The highest BCUT2D eigenvalue weighted by atomic mass is 16.7. The number of ether oxygens (including phenoxy) is 1. The van der Waals surface area contributed by atoms with E-state index in [-0.39, 0.29) is 11.7 Å². The molecule has 0 aliphatic heterocycles. The number of hydrogen-bond acceptors (Lipinski definition) is 6. The fourth-order valence-corrected chi connectivity index (χ4v) is 1.94. The van der Waals surface area contributed by atoms with Gasteiger partial charge in [-0.1, -0.05) is 39.0 Å². The lowest BCUT2D eigenvalue weighted by molar-refractivity contribution is -0.155. The minimum absolute atomic E-state index is 0.0422. The predicted molar refractivity (Wildman–Crippen MR) is 101 cm³/mol. The van der Waals surface area contributed by atoms with Gasteiger partial charge in [-0.25, -0.2) is 4.79 Å². The number of amides is 1. The molecule has 7 nitrogen and oxygen atoms in total. The van der Waals surface area contributed by atoms with Crippen LogP contribution in [0.5, 0.6) is 0 Å². The summed E-state index contributed by atoms with van der Waals surface area (Å²) in [6, 6.07) is -0.779. The molecular formula is C19H32N2O5. The van der Waals surface area contributed by atoms with E-state index in [1.807, 2.05) is 39.8 Å². The first-order valence-electron chi connectivity index (χ1n) is 8.58. The molecule has 0 spiro atoms. The van der Waals surface area contributed by atoms with Crippen molar-refractivity contribution in [1.29, 1.82) is 0 Å². The van der Waals surface area contributed by atoms with Crippen molar-refractivity contribution in [2.24, 2.45) is 5.41 Å². The lowest BCUT2D eigenvalue weighted by atomic mass is 9.87. The van der Waals surface area contributed by atoms with Gasteiger partial charge >= 0.3 is 5.97 Å². The van der Waals surface area contributed by atoms with Crippen molar-refractivity contribution in [1.82, 2.24) is 10.8 Å². The molecule has 0 unspecified atom stereocenters. The highest BCUT2D eigenvalue weighted by molar-refractivity contribution is 5.87. The Labute approximate surface area is 156 Å². The fourth-order valence-electron chi connectivity index (χ4n) is 1.94. The largest absolute Gasteiger partial charge is 0.490 e. The molecule has 0 rings (SSSR count). The topological polar surface area (TPSA) is 96.9 Å². The first-order valence-corrected chi connectivity index (χ1v) is 8.58. The molecule has 2 atom stereocenters. The minimum Gasteiger partial charge on any atom is -0.490 e. The van der Waals surface area contributed by atoms with Crippen LogP contribution in [-0.4, -0.2) is 36.2 Å². The molecule has 0 aliphatic carbocycles. The Kier molecular flexibility index (Phi) is 11.3. The number of carbonyl (C=O) groups is 2. The van der Waals surface area contributed by atoms with E-state index in [1.165, 1.54) is 19.4 Å². The van der Waals surface area contributed by atoms with E-state index in [0.717, 1.165) is 0 Å². The number of aliphatic hydroxyl groups is 1.